The van der Waals surface area contributed by atoms with Crippen LogP contribution in [0.1, 0.15) is 55.1 Å². The smallest absolute Gasteiger partial charge is 0.271 e. The summed E-state index contributed by atoms with van der Waals surface area (Å²) in [7, 11) is 0. The Hall–Kier alpha value is -2.43. The Balaban J connectivity index is 1.44. The van der Waals surface area contributed by atoms with Gasteiger partial charge in [-0.2, -0.15) is 0 Å². The van der Waals surface area contributed by atoms with Gasteiger partial charge >= 0.3 is 0 Å². The third-order valence-corrected chi connectivity index (χ3v) is 5.32. The predicted octanol–water partition coefficient (Wildman–Crippen LogP) is 3.86. The van der Waals surface area contributed by atoms with Crippen LogP contribution in [0.15, 0.2) is 42.5 Å². The third-order valence-electron chi connectivity index (χ3n) is 5.32. The average molecular weight is 367 g/mol. The Bertz CT molecular complexity index is 694. The molecule has 0 bridgehead atoms. The Morgan fingerprint density at radius 1 is 1.11 bits per heavy atom. The molecule has 1 amide bonds. The van der Waals surface area contributed by atoms with E-state index < -0.39 is 0 Å². The van der Waals surface area contributed by atoms with Crippen LogP contribution < -0.4 is 10.2 Å². The molecule has 0 saturated carbocycles. The fourth-order valence-electron chi connectivity index (χ4n) is 3.55. The van der Waals surface area contributed by atoms with Gasteiger partial charge in [0.2, 0.25) is 0 Å². The van der Waals surface area contributed by atoms with E-state index in [1.807, 2.05) is 6.07 Å². The summed E-state index contributed by atoms with van der Waals surface area (Å²) in [5.41, 5.74) is 1.83. The number of benzene rings is 1. The minimum Gasteiger partial charge on any atom is -0.355 e. The van der Waals surface area contributed by atoms with E-state index in [9.17, 15) is 4.79 Å². The van der Waals surface area contributed by atoms with E-state index in [1.165, 1.54) is 24.8 Å². The van der Waals surface area contributed by atoms with Gasteiger partial charge in [-0.05, 0) is 55.7 Å². The lowest BCUT2D eigenvalue weighted by molar-refractivity contribution is 0.0947. The molecular weight excluding hydrogens is 336 g/mol. The second-order valence-electron chi connectivity index (χ2n) is 7.34. The molecular formula is C22H30N4O. The number of amides is 1. The van der Waals surface area contributed by atoms with Crippen LogP contribution in [-0.2, 0) is 6.42 Å². The first kappa shape index (κ1) is 19.3. The summed E-state index contributed by atoms with van der Waals surface area (Å²) >= 11 is 0. The predicted molar refractivity (Wildman–Crippen MR) is 109 cm³/mol. The highest BCUT2D eigenvalue weighted by atomic mass is 16.1. The molecule has 1 fully saturated rings. The zero-order valence-electron chi connectivity index (χ0n) is 16.2. The first-order valence-corrected chi connectivity index (χ1v) is 10.2. The Morgan fingerprint density at radius 2 is 1.89 bits per heavy atom. The fourth-order valence-corrected chi connectivity index (χ4v) is 3.55. The standard InChI is InChI=1S/C22H30N4O/c1-2-3-15-23-22(27)20-11-12-21(25-24-20)26-16-13-19(14-17-26)10-9-18-7-5-4-6-8-18/h4-8,11-12,19H,2-3,9-10,13-17H2,1H3,(H,23,27). The molecule has 2 aromatic rings. The lowest BCUT2D eigenvalue weighted by atomic mass is 9.90. The first-order valence-electron chi connectivity index (χ1n) is 10.2. The molecule has 0 unspecified atom stereocenters. The normalized spacial score (nSPS) is 14.9. The molecule has 27 heavy (non-hydrogen) atoms. The minimum atomic E-state index is -0.137. The second kappa shape index (κ2) is 10.0. The quantitative estimate of drug-likeness (QED) is 0.721. The first-order chi connectivity index (χ1) is 13.3. The summed E-state index contributed by atoms with van der Waals surface area (Å²) in [4.78, 5) is 14.3. The molecule has 0 radical (unpaired) electrons. The van der Waals surface area contributed by atoms with Crippen molar-refractivity contribution in [2.45, 2.75) is 45.4 Å². The summed E-state index contributed by atoms with van der Waals surface area (Å²) in [5, 5.41) is 11.3. The molecule has 1 aromatic carbocycles. The van der Waals surface area contributed by atoms with Gasteiger partial charge in [-0.25, -0.2) is 0 Å². The van der Waals surface area contributed by atoms with E-state index in [1.54, 1.807) is 6.07 Å². The van der Waals surface area contributed by atoms with E-state index in [0.29, 0.717) is 12.2 Å². The van der Waals surface area contributed by atoms with E-state index in [2.05, 4.69) is 57.7 Å². The van der Waals surface area contributed by atoms with Crippen LogP contribution in [0.5, 0.6) is 0 Å². The molecule has 0 atom stereocenters. The number of carbonyl (C=O) groups is 1. The van der Waals surface area contributed by atoms with Crippen molar-refractivity contribution in [3.63, 3.8) is 0 Å². The average Bonchev–Trinajstić information content (AvgIpc) is 2.74. The third kappa shape index (κ3) is 5.78. The summed E-state index contributed by atoms with van der Waals surface area (Å²) < 4.78 is 0. The number of nitrogens with one attached hydrogen (secondary N) is 1. The fraction of sp³-hybridized carbons (Fsp3) is 0.500. The molecule has 1 saturated heterocycles. The summed E-state index contributed by atoms with van der Waals surface area (Å²) in [6, 6.07) is 14.4. The van der Waals surface area contributed by atoms with Crippen LogP contribution in [-0.4, -0.2) is 35.7 Å². The highest BCUT2D eigenvalue weighted by Crippen LogP contribution is 2.25. The number of aromatic nitrogens is 2. The monoisotopic (exact) mass is 366 g/mol. The lowest BCUT2D eigenvalue weighted by Gasteiger charge is -2.32. The van der Waals surface area contributed by atoms with Crippen LogP contribution in [0.2, 0.25) is 0 Å². The number of nitrogens with zero attached hydrogens (tertiary/aromatic N) is 3. The number of piperidine rings is 1. The molecule has 3 rings (SSSR count). The van der Waals surface area contributed by atoms with Gasteiger partial charge in [0.15, 0.2) is 11.5 Å². The maximum atomic E-state index is 12.0. The molecule has 0 aliphatic carbocycles. The van der Waals surface area contributed by atoms with Crippen LogP contribution in [0.3, 0.4) is 0 Å². The minimum absolute atomic E-state index is 0.137. The van der Waals surface area contributed by atoms with Gasteiger partial charge in [0, 0.05) is 19.6 Å². The number of rotatable bonds is 8. The SMILES string of the molecule is CCCCNC(=O)c1ccc(N2CCC(CCc3ccccc3)CC2)nn1. The van der Waals surface area contributed by atoms with Crippen LogP contribution in [0.4, 0.5) is 5.82 Å². The van der Waals surface area contributed by atoms with E-state index in [4.69, 9.17) is 0 Å². The molecule has 1 aromatic heterocycles. The Labute approximate surface area is 162 Å². The zero-order valence-corrected chi connectivity index (χ0v) is 16.2. The summed E-state index contributed by atoms with van der Waals surface area (Å²) in [6.07, 6.45) is 6.83. The van der Waals surface area contributed by atoms with Crippen molar-refractivity contribution in [2.24, 2.45) is 5.92 Å². The molecule has 144 valence electrons. The van der Waals surface area contributed by atoms with Crippen molar-refractivity contribution < 1.29 is 4.79 Å². The molecule has 1 aliphatic heterocycles. The number of hydrogen-bond acceptors (Lipinski definition) is 4. The van der Waals surface area contributed by atoms with E-state index in [0.717, 1.165) is 44.1 Å². The molecule has 5 nitrogen and oxygen atoms in total. The van der Waals surface area contributed by atoms with Gasteiger partial charge in [0.1, 0.15) is 0 Å². The number of unbranched alkanes of at least 4 members (excludes halogenated alkanes) is 1. The molecule has 0 spiro atoms. The van der Waals surface area contributed by atoms with Gasteiger partial charge in [-0.1, -0.05) is 43.7 Å². The topological polar surface area (TPSA) is 58.1 Å². The van der Waals surface area contributed by atoms with Gasteiger partial charge < -0.3 is 10.2 Å². The van der Waals surface area contributed by atoms with Crippen LogP contribution >= 0.6 is 0 Å². The second-order valence-corrected chi connectivity index (χ2v) is 7.34. The molecule has 5 heteroatoms. The number of hydrogen-bond donors (Lipinski definition) is 1. The maximum absolute atomic E-state index is 12.0. The maximum Gasteiger partial charge on any atom is 0.271 e. The number of carbonyl (C=O) groups excluding carboxylic acids is 1. The summed E-state index contributed by atoms with van der Waals surface area (Å²) in [6.45, 7) is 4.81. The van der Waals surface area contributed by atoms with Crippen LogP contribution in [0, 0.1) is 5.92 Å². The van der Waals surface area contributed by atoms with Crippen molar-refractivity contribution in [2.75, 3.05) is 24.5 Å². The van der Waals surface area contributed by atoms with Crippen LogP contribution in [0.25, 0.3) is 0 Å². The van der Waals surface area contributed by atoms with Crippen molar-refractivity contribution >= 4 is 11.7 Å². The lowest BCUT2D eigenvalue weighted by Crippen LogP contribution is -2.34. The Morgan fingerprint density at radius 3 is 2.56 bits per heavy atom. The zero-order chi connectivity index (χ0) is 18.9. The number of aryl methyl sites for hydroxylation is 1. The highest BCUT2D eigenvalue weighted by molar-refractivity contribution is 5.92. The summed E-state index contributed by atoms with van der Waals surface area (Å²) in [5.74, 6) is 1.52. The van der Waals surface area contributed by atoms with E-state index >= 15 is 0 Å². The molecule has 1 aliphatic rings. The van der Waals surface area contributed by atoms with Crippen molar-refractivity contribution in [3.05, 3.63) is 53.7 Å². The van der Waals surface area contributed by atoms with Gasteiger partial charge in [0.25, 0.3) is 5.91 Å². The van der Waals surface area contributed by atoms with Crippen molar-refractivity contribution in [1.29, 1.82) is 0 Å². The molecule has 2 heterocycles. The van der Waals surface area contributed by atoms with Crippen molar-refractivity contribution in [3.8, 4) is 0 Å². The highest BCUT2D eigenvalue weighted by Gasteiger charge is 2.20. The van der Waals surface area contributed by atoms with Gasteiger partial charge in [-0.3, -0.25) is 4.79 Å². The number of anilines is 1. The molecule has 1 N–H and O–H groups in total. The van der Waals surface area contributed by atoms with Gasteiger partial charge in [-0.15, -0.1) is 10.2 Å². The Kier molecular flexibility index (Phi) is 7.19. The van der Waals surface area contributed by atoms with Gasteiger partial charge in [0.05, 0.1) is 0 Å². The van der Waals surface area contributed by atoms with E-state index in [-0.39, 0.29) is 5.91 Å². The van der Waals surface area contributed by atoms with Crippen molar-refractivity contribution in [1.82, 2.24) is 15.5 Å². The largest absolute Gasteiger partial charge is 0.355 e.